The molecule has 1 unspecified atom stereocenters. The third kappa shape index (κ3) is 4.03. The molecule has 0 fully saturated rings. The van der Waals surface area contributed by atoms with E-state index in [-0.39, 0.29) is 16.7 Å². The summed E-state index contributed by atoms with van der Waals surface area (Å²) in [5.74, 6) is -0.259. The lowest BCUT2D eigenvalue weighted by atomic mass is 9.75. The highest BCUT2D eigenvalue weighted by Crippen LogP contribution is 2.45. The maximum atomic E-state index is 13.1. The fourth-order valence-corrected chi connectivity index (χ4v) is 4.89. The predicted molar refractivity (Wildman–Crippen MR) is 125 cm³/mol. The zero-order chi connectivity index (χ0) is 23.1. The number of sulfone groups is 1. The van der Waals surface area contributed by atoms with Crippen molar-refractivity contribution in [3.8, 4) is 11.1 Å². The lowest BCUT2D eigenvalue weighted by molar-refractivity contribution is -0.120. The molecule has 0 aromatic heterocycles. The number of carbonyl (C=O) groups is 2. The van der Waals surface area contributed by atoms with Gasteiger partial charge in [-0.05, 0) is 65.9 Å². The topological polar surface area (TPSA) is 92.3 Å². The van der Waals surface area contributed by atoms with Gasteiger partial charge in [-0.15, -0.1) is 0 Å². The summed E-state index contributed by atoms with van der Waals surface area (Å²) in [5.41, 5.74) is 4.15. The second-order valence-electron chi connectivity index (χ2n) is 8.37. The lowest BCUT2D eigenvalue weighted by Gasteiger charge is -2.25. The van der Waals surface area contributed by atoms with Gasteiger partial charge in [0.1, 0.15) is 0 Å². The van der Waals surface area contributed by atoms with Crippen LogP contribution < -0.4 is 10.6 Å². The first-order valence-electron chi connectivity index (χ1n) is 10.2. The third-order valence-electron chi connectivity index (χ3n) is 5.77. The van der Waals surface area contributed by atoms with Crippen LogP contribution >= 0.6 is 0 Å². The van der Waals surface area contributed by atoms with E-state index >= 15 is 0 Å². The highest BCUT2D eigenvalue weighted by atomic mass is 32.2. The molecule has 2 N–H and O–H groups in total. The Hall–Kier alpha value is -3.45. The van der Waals surface area contributed by atoms with E-state index in [0.29, 0.717) is 12.1 Å². The largest absolute Gasteiger partial charge is 0.326 e. The van der Waals surface area contributed by atoms with Gasteiger partial charge in [-0.2, -0.15) is 0 Å². The predicted octanol–water partition coefficient (Wildman–Crippen LogP) is 4.17. The normalized spacial score (nSPS) is 17.5. The van der Waals surface area contributed by atoms with Crippen molar-refractivity contribution in [2.24, 2.45) is 0 Å². The number of rotatable bonds is 5. The van der Waals surface area contributed by atoms with Crippen molar-refractivity contribution in [1.82, 2.24) is 0 Å². The lowest BCUT2D eigenvalue weighted by Crippen LogP contribution is -2.33. The van der Waals surface area contributed by atoms with Gasteiger partial charge in [0.15, 0.2) is 9.84 Å². The first-order valence-corrected chi connectivity index (χ1v) is 12.1. The van der Waals surface area contributed by atoms with Crippen LogP contribution in [0.2, 0.25) is 0 Å². The number of benzene rings is 3. The van der Waals surface area contributed by atoms with E-state index in [2.05, 4.69) is 10.6 Å². The zero-order valence-corrected chi connectivity index (χ0v) is 18.9. The van der Waals surface area contributed by atoms with E-state index in [0.717, 1.165) is 27.9 Å². The van der Waals surface area contributed by atoms with Crippen LogP contribution in [0.5, 0.6) is 0 Å². The van der Waals surface area contributed by atoms with Crippen LogP contribution in [0.4, 0.5) is 11.4 Å². The van der Waals surface area contributed by atoms with Crippen molar-refractivity contribution in [3.05, 3.63) is 77.9 Å². The van der Waals surface area contributed by atoms with Crippen LogP contribution in [0.15, 0.2) is 71.6 Å². The molecule has 4 rings (SSSR count). The standard InChI is InChI=1S/C25H24N2O4S/c1-16(28)26-19-7-4-6-18(14-19)21-8-5-9-22-23(21)25(2,24(29)27-22)15-17-10-12-20(13-11-17)32(3,30)31/h4-14H,15H2,1-3H3,(H,26,28)(H,27,29). The average molecular weight is 449 g/mol. The van der Waals surface area contributed by atoms with Crippen molar-refractivity contribution in [1.29, 1.82) is 0 Å². The molecule has 0 bridgehead atoms. The van der Waals surface area contributed by atoms with Crippen LogP contribution in [0.1, 0.15) is 25.0 Å². The molecule has 7 heteroatoms. The highest BCUT2D eigenvalue weighted by molar-refractivity contribution is 7.90. The molecule has 0 spiro atoms. The Kier molecular flexibility index (Phi) is 5.38. The SMILES string of the molecule is CC(=O)Nc1cccc(-c2cccc3c2C(C)(Cc2ccc(S(C)(=O)=O)cc2)C(=O)N3)c1. The van der Waals surface area contributed by atoms with Crippen molar-refractivity contribution in [2.75, 3.05) is 16.9 Å². The van der Waals surface area contributed by atoms with Gasteiger partial charge in [0, 0.05) is 24.6 Å². The van der Waals surface area contributed by atoms with Gasteiger partial charge in [-0.3, -0.25) is 9.59 Å². The molecule has 1 aliphatic heterocycles. The number of amides is 2. The van der Waals surface area contributed by atoms with Crippen LogP contribution in [-0.2, 0) is 31.3 Å². The Bertz CT molecular complexity index is 1330. The number of fused-ring (bicyclic) bond motifs is 1. The van der Waals surface area contributed by atoms with Crippen molar-refractivity contribution < 1.29 is 18.0 Å². The summed E-state index contributed by atoms with van der Waals surface area (Å²) in [5, 5.41) is 5.80. The molecule has 0 saturated heterocycles. The Morgan fingerprint density at radius 3 is 2.38 bits per heavy atom. The fourth-order valence-electron chi connectivity index (χ4n) is 4.26. The average Bonchev–Trinajstić information content (AvgIpc) is 2.97. The summed E-state index contributed by atoms with van der Waals surface area (Å²) in [6, 6.07) is 19.9. The minimum absolute atomic E-state index is 0.106. The fraction of sp³-hybridized carbons (Fsp3) is 0.200. The summed E-state index contributed by atoms with van der Waals surface area (Å²) in [6.07, 6.45) is 1.59. The zero-order valence-electron chi connectivity index (χ0n) is 18.1. The molecule has 6 nitrogen and oxygen atoms in total. The minimum Gasteiger partial charge on any atom is -0.326 e. The maximum Gasteiger partial charge on any atom is 0.235 e. The van der Waals surface area contributed by atoms with Gasteiger partial charge >= 0.3 is 0 Å². The van der Waals surface area contributed by atoms with Crippen molar-refractivity contribution >= 4 is 33.0 Å². The number of carbonyl (C=O) groups excluding carboxylic acids is 2. The van der Waals surface area contributed by atoms with E-state index in [1.165, 1.54) is 13.2 Å². The number of anilines is 2. The molecular formula is C25H24N2O4S. The Labute approximate surface area is 187 Å². The number of hydrogen-bond donors (Lipinski definition) is 2. The molecule has 1 aliphatic rings. The van der Waals surface area contributed by atoms with E-state index in [1.807, 2.05) is 49.4 Å². The molecule has 0 aliphatic carbocycles. The first-order chi connectivity index (χ1) is 15.1. The second kappa shape index (κ2) is 7.91. The van der Waals surface area contributed by atoms with Gasteiger partial charge in [-0.25, -0.2) is 8.42 Å². The highest BCUT2D eigenvalue weighted by Gasteiger charge is 2.44. The smallest absolute Gasteiger partial charge is 0.235 e. The van der Waals surface area contributed by atoms with Crippen LogP contribution in [-0.4, -0.2) is 26.5 Å². The van der Waals surface area contributed by atoms with Crippen LogP contribution in [0, 0.1) is 0 Å². The monoisotopic (exact) mass is 448 g/mol. The van der Waals surface area contributed by atoms with Crippen LogP contribution in [0.3, 0.4) is 0 Å². The minimum atomic E-state index is -3.29. The van der Waals surface area contributed by atoms with E-state index < -0.39 is 15.3 Å². The second-order valence-corrected chi connectivity index (χ2v) is 10.4. The summed E-state index contributed by atoms with van der Waals surface area (Å²) in [4.78, 5) is 24.8. The summed E-state index contributed by atoms with van der Waals surface area (Å²) in [7, 11) is -3.29. The van der Waals surface area contributed by atoms with Crippen molar-refractivity contribution in [2.45, 2.75) is 30.6 Å². The van der Waals surface area contributed by atoms with E-state index in [1.54, 1.807) is 24.3 Å². The van der Waals surface area contributed by atoms with Crippen LogP contribution in [0.25, 0.3) is 11.1 Å². The third-order valence-corrected chi connectivity index (χ3v) is 6.90. The molecule has 1 atom stereocenters. The Balaban J connectivity index is 1.77. The molecular weight excluding hydrogens is 424 g/mol. The number of hydrogen-bond acceptors (Lipinski definition) is 4. The van der Waals surface area contributed by atoms with Gasteiger partial charge in [0.2, 0.25) is 11.8 Å². The molecule has 3 aromatic rings. The van der Waals surface area contributed by atoms with Gasteiger partial charge < -0.3 is 10.6 Å². The molecule has 32 heavy (non-hydrogen) atoms. The summed E-state index contributed by atoms with van der Waals surface area (Å²) in [6.45, 7) is 3.36. The van der Waals surface area contributed by atoms with Crippen molar-refractivity contribution in [3.63, 3.8) is 0 Å². The molecule has 1 heterocycles. The molecule has 0 radical (unpaired) electrons. The summed E-state index contributed by atoms with van der Waals surface area (Å²) >= 11 is 0. The molecule has 3 aromatic carbocycles. The Morgan fingerprint density at radius 1 is 1.03 bits per heavy atom. The maximum absolute atomic E-state index is 13.1. The molecule has 164 valence electrons. The van der Waals surface area contributed by atoms with Gasteiger partial charge in [-0.1, -0.05) is 36.4 Å². The van der Waals surface area contributed by atoms with Gasteiger partial charge in [0.25, 0.3) is 0 Å². The Morgan fingerprint density at radius 2 is 1.72 bits per heavy atom. The van der Waals surface area contributed by atoms with Gasteiger partial charge in [0.05, 0.1) is 10.3 Å². The van der Waals surface area contributed by atoms with E-state index in [4.69, 9.17) is 0 Å². The van der Waals surface area contributed by atoms with E-state index in [9.17, 15) is 18.0 Å². The summed E-state index contributed by atoms with van der Waals surface area (Å²) < 4.78 is 23.5. The number of nitrogens with one attached hydrogen (secondary N) is 2. The first kappa shape index (κ1) is 21.8. The molecule has 2 amide bonds. The molecule has 0 saturated carbocycles. The quantitative estimate of drug-likeness (QED) is 0.613.